The summed E-state index contributed by atoms with van der Waals surface area (Å²) in [7, 11) is -4.58. The lowest BCUT2D eigenvalue weighted by Gasteiger charge is -2.25. The number of carbonyl (C=O) groups is 2. The normalized spacial score (nSPS) is 12.0. The fourth-order valence-corrected chi connectivity index (χ4v) is 2.41. The van der Waals surface area contributed by atoms with Crippen LogP contribution in [0.1, 0.15) is 52.9 Å². The summed E-state index contributed by atoms with van der Waals surface area (Å²) < 4.78 is 31.1. The third-order valence-corrected chi connectivity index (χ3v) is 3.86. The van der Waals surface area contributed by atoms with Crippen molar-refractivity contribution in [2.45, 2.75) is 59.0 Å². The molecular formula is C22H26O8P-. The summed E-state index contributed by atoms with van der Waals surface area (Å²) in [6.45, 7) is 4.40. The van der Waals surface area contributed by atoms with Crippen LogP contribution in [-0.2, 0) is 32.7 Å². The van der Waals surface area contributed by atoms with Crippen molar-refractivity contribution in [3.63, 3.8) is 0 Å². The second-order valence-corrected chi connectivity index (χ2v) is 7.05. The highest BCUT2D eigenvalue weighted by atomic mass is 31.2. The number of carbonyl (C=O) groups excluding carboxylic acids is 2. The summed E-state index contributed by atoms with van der Waals surface area (Å²) >= 11 is 0. The fourth-order valence-electron chi connectivity index (χ4n) is 1.58. The standard InChI is InChI=1S/C22H27O8P/c1-4-7-9-11-13-15-21(23)27-18-20(19-29-31(25,26)28-17-6-3)30-22(24)16-14-12-10-8-5-2/h20H,4-6,15-19H2,1-3H3,(H,25,26)/p-1. The van der Waals surface area contributed by atoms with Crippen molar-refractivity contribution < 1.29 is 37.6 Å². The molecule has 0 aliphatic carbocycles. The Morgan fingerprint density at radius 3 is 1.94 bits per heavy atom. The molecule has 0 spiro atoms. The molecule has 0 radical (unpaired) electrons. The maximum atomic E-state index is 11.9. The first kappa shape index (κ1) is 28.3. The number of hydrogen-bond acceptors (Lipinski definition) is 8. The van der Waals surface area contributed by atoms with Crippen LogP contribution < -0.4 is 4.89 Å². The van der Waals surface area contributed by atoms with Gasteiger partial charge in [0.2, 0.25) is 0 Å². The molecule has 9 heteroatoms. The van der Waals surface area contributed by atoms with Crippen LogP contribution in [0.2, 0.25) is 0 Å². The van der Waals surface area contributed by atoms with E-state index in [4.69, 9.17) is 14.0 Å². The minimum Gasteiger partial charge on any atom is -0.756 e. The van der Waals surface area contributed by atoms with Crippen LogP contribution in [0.15, 0.2) is 0 Å². The van der Waals surface area contributed by atoms with Crippen molar-refractivity contribution >= 4 is 19.8 Å². The van der Waals surface area contributed by atoms with Gasteiger partial charge >= 0.3 is 11.9 Å². The fraction of sp³-hybridized carbons (Fsp3) is 0.545. The van der Waals surface area contributed by atoms with Gasteiger partial charge in [-0.3, -0.25) is 14.2 Å². The molecule has 0 heterocycles. The van der Waals surface area contributed by atoms with Gasteiger partial charge in [-0.1, -0.05) is 44.5 Å². The minimum absolute atomic E-state index is 0.0474. The molecule has 0 aliphatic rings. The molecule has 0 aromatic rings. The van der Waals surface area contributed by atoms with E-state index >= 15 is 0 Å². The van der Waals surface area contributed by atoms with Gasteiger partial charge < -0.3 is 23.4 Å². The molecule has 31 heavy (non-hydrogen) atoms. The number of ether oxygens (including phenoxy) is 2. The Balaban J connectivity index is 4.85. The van der Waals surface area contributed by atoms with Crippen molar-refractivity contribution in [1.82, 2.24) is 0 Å². The Kier molecular flexibility index (Phi) is 16.5. The molecule has 8 nitrogen and oxygen atoms in total. The maximum Gasteiger partial charge on any atom is 0.318 e. The van der Waals surface area contributed by atoms with Gasteiger partial charge in [0.25, 0.3) is 7.82 Å². The van der Waals surface area contributed by atoms with Crippen LogP contribution in [0, 0.1) is 47.4 Å². The van der Waals surface area contributed by atoms with Gasteiger partial charge in [-0.2, -0.15) is 0 Å². The second kappa shape index (κ2) is 18.1. The maximum absolute atomic E-state index is 11.9. The molecular weight excluding hydrogens is 423 g/mol. The highest BCUT2D eigenvalue weighted by Crippen LogP contribution is 2.38. The molecule has 2 atom stereocenters. The van der Waals surface area contributed by atoms with E-state index in [1.165, 1.54) is 0 Å². The first-order chi connectivity index (χ1) is 14.8. The Hall–Kier alpha value is -2.71. The van der Waals surface area contributed by atoms with E-state index in [1.54, 1.807) is 6.92 Å². The predicted molar refractivity (Wildman–Crippen MR) is 112 cm³/mol. The Morgan fingerprint density at radius 2 is 1.39 bits per heavy atom. The molecule has 0 amide bonds. The molecule has 0 saturated carbocycles. The molecule has 0 rings (SSSR count). The summed E-state index contributed by atoms with van der Waals surface area (Å²) in [5.74, 6) is 19.2. The first-order valence-electron chi connectivity index (χ1n) is 9.71. The molecule has 2 unspecified atom stereocenters. The van der Waals surface area contributed by atoms with Crippen LogP contribution in [0.25, 0.3) is 0 Å². The number of rotatable bonds is 11. The number of phosphoric ester groups is 1. The molecule has 0 aromatic carbocycles. The Labute approximate surface area is 184 Å². The quantitative estimate of drug-likeness (QED) is 0.267. The van der Waals surface area contributed by atoms with Gasteiger partial charge in [0.15, 0.2) is 6.10 Å². The molecule has 0 aliphatic heterocycles. The van der Waals surface area contributed by atoms with E-state index < -0.39 is 39.1 Å². The van der Waals surface area contributed by atoms with Gasteiger partial charge in [-0.15, -0.1) is 0 Å². The third kappa shape index (κ3) is 17.8. The predicted octanol–water partition coefficient (Wildman–Crippen LogP) is 1.97. The number of esters is 2. The smallest absolute Gasteiger partial charge is 0.318 e. The minimum atomic E-state index is -4.58. The van der Waals surface area contributed by atoms with Crippen LogP contribution in [-0.4, -0.2) is 37.9 Å². The molecule has 168 valence electrons. The zero-order valence-corrected chi connectivity index (χ0v) is 18.8. The summed E-state index contributed by atoms with van der Waals surface area (Å²) in [6.07, 6.45) is 0.0736. The van der Waals surface area contributed by atoms with E-state index in [2.05, 4.69) is 51.9 Å². The third-order valence-electron chi connectivity index (χ3n) is 2.90. The van der Waals surface area contributed by atoms with Crippen LogP contribution in [0.4, 0.5) is 0 Å². The highest BCUT2D eigenvalue weighted by molar-refractivity contribution is 7.45. The van der Waals surface area contributed by atoms with Crippen LogP contribution >= 0.6 is 7.82 Å². The van der Waals surface area contributed by atoms with Crippen LogP contribution in [0.3, 0.4) is 0 Å². The topological polar surface area (TPSA) is 111 Å². The van der Waals surface area contributed by atoms with Crippen LogP contribution in [0.5, 0.6) is 0 Å². The average molecular weight is 449 g/mol. The van der Waals surface area contributed by atoms with Crippen molar-refractivity contribution in [3.05, 3.63) is 0 Å². The Morgan fingerprint density at radius 1 is 0.839 bits per heavy atom. The molecule has 0 aromatic heterocycles. The van der Waals surface area contributed by atoms with E-state index in [-0.39, 0.29) is 19.4 Å². The van der Waals surface area contributed by atoms with Gasteiger partial charge in [0.1, 0.15) is 19.4 Å². The van der Waals surface area contributed by atoms with Gasteiger partial charge in [0, 0.05) is 12.8 Å². The zero-order chi connectivity index (χ0) is 23.4. The van der Waals surface area contributed by atoms with E-state index in [0.29, 0.717) is 19.3 Å². The van der Waals surface area contributed by atoms with Crippen molar-refractivity contribution in [1.29, 1.82) is 0 Å². The van der Waals surface area contributed by atoms with Gasteiger partial charge in [-0.05, 0) is 30.1 Å². The van der Waals surface area contributed by atoms with E-state index in [1.807, 2.05) is 13.8 Å². The van der Waals surface area contributed by atoms with Gasteiger partial charge in [0.05, 0.1) is 13.2 Å². The number of hydrogen-bond donors (Lipinski definition) is 0. The molecule has 0 saturated heterocycles. The lowest BCUT2D eigenvalue weighted by Crippen LogP contribution is -2.30. The lowest BCUT2D eigenvalue weighted by atomic mass is 10.3. The van der Waals surface area contributed by atoms with Crippen molar-refractivity contribution in [2.75, 3.05) is 19.8 Å². The summed E-state index contributed by atoms with van der Waals surface area (Å²) in [5, 5.41) is 0. The highest BCUT2D eigenvalue weighted by Gasteiger charge is 2.20. The monoisotopic (exact) mass is 449 g/mol. The van der Waals surface area contributed by atoms with E-state index in [9.17, 15) is 19.0 Å². The Bertz CT molecular complexity index is 864. The number of phosphoric acid groups is 1. The summed E-state index contributed by atoms with van der Waals surface area (Å²) in [4.78, 5) is 35.3. The molecule has 0 bridgehead atoms. The zero-order valence-electron chi connectivity index (χ0n) is 17.9. The first-order valence-corrected chi connectivity index (χ1v) is 11.2. The largest absolute Gasteiger partial charge is 0.756 e. The summed E-state index contributed by atoms with van der Waals surface area (Å²) in [5.41, 5.74) is 0. The molecule has 0 N–H and O–H groups in total. The SMILES string of the molecule is CCC#CC#CCC(=O)OCC(COP(=O)([O-])OCCC)OC(=O)CC#CC#CCC. The summed E-state index contributed by atoms with van der Waals surface area (Å²) in [6, 6.07) is 0. The van der Waals surface area contributed by atoms with Crippen molar-refractivity contribution in [2.24, 2.45) is 0 Å². The van der Waals surface area contributed by atoms with E-state index in [0.717, 1.165) is 0 Å². The average Bonchev–Trinajstić information content (AvgIpc) is 2.74. The van der Waals surface area contributed by atoms with Gasteiger partial charge in [-0.25, -0.2) is 0 Å². The molecule has 0 fully saturated rings. The lowest BCUT2D eigenvalue weighted by molar-refractivity contribution is -0.228. The second-order valence-electron chi connectivity index (χ2n) is 5.64. The van der Waals surface area contributed by atoms with Crippen molar-refractivity contribution in [3.8, 4) is 47.4 Å².